The second-order valence-electron chi connectivity index (χ2n) is 3.42. The van der Waals surface area contributed by atoms with Gasteiger partial charge in [-0.2, -0.15) is 0 Å². The summed E-state index contributed by atoms with van der Waals surface area (Å²) >= 11 is 12.1. The molecule has 0 aliphatic rings. The van der Waals surface area contributed by atoms with E-state index >= 15 is 0 Å². The topological polar surface area (TPSA) is 21.3 Å². The molecular weight excluding hydrogens is 233 g/mol. The molecule has 1 aromatic rings. The van der Waals surface area contributed by atoms with Crippen LogP contribution in [0.3, 0.4) is 0 Å². The highest BCUT2D eigenvalue weighted by Crippen LogP contribution is 2.30. The van der Waals surface area contributed by atoms with Crippen LogP contribution in [0.4, 0.5) is 5.69 Å². The van der Waals surface area contributed by atoms with Crippen molar-refractivity contribution in [3.05, 3.63) is 28.2 Å². The molecule has 0 aromatic heterocycles. The van der Waals surface area contributed by atoms with E-state index in [2.05, 4.69) is 12.2 Å². The van der Waals surface area contributed by atoms with Crippen molar-refractivity contribution in [3.8, 4) is 0 Å². The number of methoxy groups -OCH3 is 1. The van der Waals surface area contributed by atoms with Crippen molar-refractivity contribution >= 4 is 28.9 Å². The van der Waals surface area contributed by atoms with Crippen LogP contribution in [0.1, 0.15) is 13.3 Å². The fourth-order valence-electron chi connectivity index (χ4n) is 1.25. The Labute approximate surface area is 101 Å². The Morgan fingerprint density at radius 2 is 1.93 bits per heavy atom. The van der Waals surface area contributed by atoms with Crippen LogP contribution < -0.4 is 5.32 Å². The summed E-state index contributed by atoms with van der Waals surface area (Å²) in [5.74, 6) is 0. The molecule has 0 radical (unpaired) electrons. The Morgan fingerprint density at radius 3 is 2.47 bits per heavy atom. The van der Waals surface area contributed by atoms with Crippen LogP contribution in [0.15, 0.2) is 18.2 Å². The fourth-order valence-corrected chi connectivity index (χ4v) is 1.76. The summed E-state index contributed by atoms with van der Waals surface area (Å²) < 4.78 is 5.00. The van der Waals surface area contributed by atoms with E-state index in [9.17, 15) is 0 Å². The van der Waals surface area contributed by atoms with Crippen LogP contribution in [0.2, 0.25) is 10.0 Å². The third-order valence-electron chi connectivity index (χ3n) is 2.11. The number of para-hydroxylation sites is 1. The minimum atomic E-state index is 0.280. The molecule has 4 heteroatoms. The van der Waals surface area contributed by atoms with Gasteiger partial charge in [0.25, 0.3) is 0 Å². The summed E-state index contributed by atoms with van der Waals surface area (Å²) in [4.78, 5) is 0. The third-order valence-corrected chi connectivity index (χ3v) is 2.74. The maximum atomic E-state index is 6.03. The lowest BCUT2D eigenvalue weighted by Gasteiger charge is -2.16. The summed E-state index contributed by atoms with van der Waals surface area (Å²) in [6.07, 6.45) is 0.915. The molecule has 1 aromatic carbocycles. The molecule has 0 amide bonds. The van der Waals surface area contributed by atoms with E-state index in [4.69, 9.17) is 27.9 Å². The molecule has 0 heterocycles. The van der Waals surface area contributed by atoms with E-state index in [1.54, 1.807) is 7.11 Å². The Morgan fingerprint density at radius 1 is 1.33 bits per heavy atom. The van der Waals surface area contributed by atoms with Gasteiger partial charge in [-0.05, 0) is 25.5 Å². The minimum Gasteiger partial charge on any atom is -0.385 e. The molecule has 0 aliphatic carbocycles. The number of hydrogen-bond acceptors (Lipinski definition) is 2. The van der Waals surface area contributed by atoms with E-state index in [0.29, 0.717) is 10.0 Å². The van der Waals surface area contributed by atoms with Crippen molar-refractivity contribution in [2.45, 2.75) is 19.4 Å². The van der Waals surface area contributed by atoms with Crippen LogP contribution >= 0.6 is 23.2 Å². The maximum Gasteiger partial charge on any atom is 0.0721 e. The average Bonchev–Trinajstić information content (AvgIpc) is 2.21. The molecule has 0 saturated heterocycles. The van der Waals surface area contributed by atoms with E-state index in [1.165, 1.54) is 0 Å². The van der Waals surface area contributed by atoms with Crippen molar-refractivity contribution in [1.29, 1.82) is 0 Å². The van der Waals surface area contributed by atoms with Crippen molar-refractivity contribution in [2.24, 2.45) is 0 Å². The Hall–Kier alpha value is -0.440. The quantitative estimate of drug-likeness (QED) is 0.854. The first-order valence-electron chi connectivity index (χ1n) is 4.84. The van der Waals surface area contributed by atoms with Gasteiger partial charge in [0.15, 0.2) is 0 Å². The van der Waals surface area contributed by atoms with Crippen LogP contribution in [-0.2, 0) is 4.74 Å². The lowest BCUT2D eigenvalue weighted by atomic mass is 10.2. The van der Waals surface area contributed by atoms with Gasteiger partial charge in [-0.15, -0.1) is 0 Å². The van der Waals surface area contributed by atoms with Crippen LogP contribution in [0.5, 0.6) is 0 Å². The third kappa shape index (κ3) is 3.90. The zero-order valence-corrected chi connectivity index (χ0v) is 10.4. The summed E-state index contributed by atoms with van der Waals surface area (Å²) in [6, 6.07) is 5.75. The Balaban J connectivity index is 2.63. The smallest absolute Gasteiger partial charge is 0.0721 e. The number of ether oxygens (including phenoxy) is 1. The van der Waals surface area contributed by atoms with Crippen molar-refractivity contribution in [1.82, 2.24) is 0 Å². The van der Waals surface area contributed by atoms with Crippen LogP contribution in [0.25, 0.3) is 0 Å². The number of rotatable bonds is 5. The van der Waals surface area contributed by atoms with Gasteiger partial charge in [-0.25, -0.2) is 0 Å². The zero-order chi connectivity index (χ0) is 11.3. The number of benzene rings is 1. The zero-order valence-electron chi connectivity index (χ0n) is 8.89. The molecule has 84 valence electrons. The van der Waals surface area contributed by atoms with Gasteiger partial charge in [-0.3, -0.25) is 0 Å². The average molecular weight is 248 g/mol. The van der Waals surface area contributed by atoms with E-state index < -0.39 is 0 Å². The van der Waals surface area contributed by atoms with Gasteiger partial charge >= 0.3 is 0 Å². The molecule has 0 spiro atoms. The molecule has 0 fully saturated rings. The molecule has 1 N–H and O–H groups in total. The van der Waals surface area contributed by atoms with E-state index in [-0.39, 0.29) is 6.04 Å². The predicted molar refractivity (Wildman–Crippen MR) is 66.0 cm³/mol. The second kappa shape index (κ2) is 6.21. The van der Waals surface area contributed by atoms with Gasteiger partial charge < -0.3 is 10.1 Å². The van der Waals surface area contributed by atoms with Crippen molar-refractivity contribution in [3.63, 3.8) is 0 Å². The molecule has 2 nitrogen and oxygen atoms in total. The molecule has 1 rings (SSSR count). The first-order chi connectivity index (χ1) is 7.15. The highest BCUT2D eigenvalue weighted by atomic mass is 35.5. The number of anilines is 1. The molecule has 15 heavy (non-hydrogen) atoms. The van der Waals surface area contributed by atoms with Gasteiger partial charge in [0, 0.05) is 19.8 Å². The normalized spacial score (nSPS) is 12.5. The first kappa shape index (κ1) is 12.6. The monoisotopic (exact) mass is 247 g/mol. The molecule has 1 atom stereocenters. The lowest BCUT2D eigenvalue weighted by molar-refractivity contribution is 0.191. The fraction of sp³-hybridized carbons (Fsp3) is 0.455. The molecule has 1 unspecified atom stereocenters. The lowest BCUT2D eigenvalue weighted by Crippen LogP contribution is -2.17. The summed E-state index contributed by atoms with van der Waals surface area (Å²) in [5, 5.41) is 4.56. The van der Waals surface area contributed by atoms with Gasteiger partial charge in [-0.1, -0.05) is 29.3 Å². The first-order valence-corrected chi connectivity index (χ1v) is 5.60. The summed E-state index contributed by atoms with van der Waals surface area (Å²) in [6.45, 7) is 2.79. The minimum absolute atomic E-state index is 0.280. The molecule has 0 saturated carbocycles. The molecule has 0 bridgehead atoms. The molecular formula is C11H15Cl2NO. The molecule has 0 aliphatic heterocycles. The van der Waals surface area contributed by atoms with Crippen molar-refractivity contribution < 1.29 is 4.74 Å². The maximum absolute atomic E-state index is 6.03. The number of halogens is 2. The van der Waals surface area contributed by atoms with Crippen molar-refractivity contribution in [2.75, 3.05) is 19.0 Å². The number of hydrogen-bond donors (Lipinski definition) is 1. The van der Waals surface area contributed by atoms with E-state index in [0.717, 1.165) is 18.7 Å². The second-order valence-corrected chi connectivity index (χ2v) is 4.24. The van der Waals surface area contributed by atoms with Gasteiger partial charge in [0.1, 0.15) is 0 Å². The summed E-state index contributed by atoms with van der Waals surface area (Å²) in [5.41, 5.74) is 0.796. The van der Waals surface area contributed by atoms with Crippen LogP contribution in [-0.4, -0.2) is 19.8 Å². The predicted octanol–water partition coefficient (Wildman–Crippen LogP) is 3.83. The highest BCUT2D eigenvalue weighted by molar-refractivity contribution is 6.39. The van der Waals surface area contributed by atoms with E-state index in [1.807, 2.05) is 18.2 Å². The Kier molecular flexibility index (Phi) is 5.23. The van der Waals surface area contributed by atoms with Gasteiger partial charge in [0.2, 0.25) is 0 Å². The summed E-state index contributed by atoms with van der Waals surface area (Å²) in [7, 11) is 1.69. The van der Waals surface area contributed by atoms with Gasteiger partial charge in [0.05, 0.1) is 15.7 Å². The largest absolute Gasteiger partial charge is 0.385 e. The standard InChI is InChI=1S/C11H15Cl2NO/c1-8(6-7-15-2)14-11-9(12)4-3-5-10(11)13/h3-5,8,14H,6-7H2,1-2H3. The van der Waals surface area contributed by atoms with Crippen LogP contribution in [0, 0.1) is 0 Å². The highest BCUT2D eigenvalue weighted by Gasteiger charge is 2.08. The Bertz CT molecular complexity index is 297. The number of nitrogens with one attached hydrogen (secondary N) is 1. The SMILES string of the molecule is COCCC(C)Nc1c(Cl)cccc1Cl.